The molecule has 2 aromatic heterocycles. The summed E-state index contributed by atoms with van der Waals surface area (Å²) in [4.78, 5) is 8.14. The standard InChI is InChI=1S/C13H16N4O/c14-11-3-7-17-12(13(11)15)4-8-18-9-10-1-5-16-6-2-10/h1-3,5-7H,4,8-9,15H2,(H2,14,17). The molecule has 0 amide bonds. The minimum atomic E-state index is 0.546. The van der Waals surface area contributed by atoms with Crippen molar-refractivity contribution >= 4 is 11.4 Å². The van der Waals surface area contributed by atoms with Crippen molar-refractivity contribution in [2.75, 3.05) is 18.1 Å². The Morgan fingerprint density at radius 2 is 1.83 bits per heavy atom. The maximum absolute atomic E-state index is 5.82. The second kappa shape index (κ2) is 5.97. The van der Waals surface area contributed by atoms with Gasteiger partial charge in [-0.25, -0.2) is 0 Å². The monoisotopic (exact) mass is 244 g/mol. The van der Waals surface area contributed by atoms with Crippen molar-refractivity contribution < 1.29 is 4.74 Å². The lowest BCUT2D eigenvalue weighted by atomic mass is 10.2. The van der Waals surface area contributed by atoms with Crippen molar-refractivity contribution in [2.24, 2.45) is 0 Å². The number of rotatable bonds is 5. The fourth-order valence-corrected chi connectivity index (χ4v) is 1.57. The van der Waals surface area contributed by atoms with E-state index in [-0.39, 0.29) is 0 Å². The first-order valence-corrected chi connectivity index (χ1v) is 5.73. The number of hydrogen-bond donors (Lipinski definition) is 2. The molecule has 0 aromatic carbocycles. The zero-order chi connectivity index (χ0) is 12.8. The highest BCUT2D eigenvalue weighted by Crippen LogP contribution is 2.17. The van der Waals surface area contributed by atoms with E-state index in [1.165, 1.54) is 0 Å². The van der Waals surface area contributed by atoms with Crippen LogP contribution in [0.4, 0.5) is 11.4 Å². The van der Waals surface area contributed by atoms with Crippen LogP contribution in [0.1, 0.15) is 11.3 Å². The van der Waals surface area contributed by atoms with Gasteiger partial charge < -0.3 is 16.2 Å². The Kier molecular flexibility index (Phi) is 4.09. The summed E-state index contributed by atoms with van der Waals surface area (Å²) in [5.74, 6) is 0. The van der Waals surface area contributed by atoms with Crippen molar-refractivity contribution in [1.82, 2.24) is 9.97 Å². The van der Waals surface area contributed by atoms with E-state index >= 15 is 0 Å². The van der Waals surface area contributed by atoms with E-state index in [0.29, 0.717) is 31.0 Å². The van der Waals surface area contributed by atoms with Crippen LogP contribution >= 0.6 is 0 Å². The molecule has 0 spiro atoms. The predicted octanol–water partition coefficient (Wildman–Crippen LogP) is 1.40. The summed E-state index contributed by atoms with van der Waals surface area (Å²) >= 11 is 0. The van der Waals surface area contributed by atoms with Gasteiger partial charge >= 0.3 is 0 Å². The fourth-order valence-electron chi connectivity index (χ4n) is 1.57. The van der Waals surface area contributed by atoms with Crippen LogP contribution in [-0.2, 0) is 17.8 Å². The minimum Gasteiger partial charge on any atom is -0.397 e. The molecule has 2 aromatic rings. The molecule has 0 unspecified atom stereocenters. The molecule has 2 rings (SSSR count). The number of ether oxygens (including phenoxy) is 1. The molecular weight excluding hydrogens is 228 g/mol. The highest BCUT2D eigenvalue weighted by atomic mass is 16.5. The van der Waals surface area contributed by atoms with Crippen molar-refractivity contribution in [1.29, 1.82) is 0 Å². The number of aromatic nitrogens is 2. The molecule has 0 aliphatic carbocycles. The number of anilines is 2. The molecule has 0 saturated heterocycles. The van der Waals surface area contributed by atoms with Crippen LogP contribution < -0.4 is 11.5 Å². The van der Waals surface area contributed by atoms with Crippen LogP contribution in [0.5, 0.6) is 0 Å². The molecule has 0 saturated carbocycles. The molecule has 0 radical (unpaired) electrons. The summed E-state index contributed by atoms with van der Waals surface area (Å²) in [7, 11) is 0. The maximum atomic E-state index is 5.82. The molecule has 5 nitrogen and oxygen atoms in total. The zero-order valence-corrected chi connectivity index (χ0v) is 10.0. The largest absolute Gasteiger partial charge is 0.397 e. The summed E-state index contributed by atoms with van der Waals surface area (Å²) < 4.78 is 5.55. The molecule has 18 heavy (non-hydrogen) atoms. The summed E-state index contributed by atoms with van der Waals surface area (Å²) in [5.41, 5.74) is 14.5. The SMILES string of the molecule is Nc1ccnc(CCOCc2ccncc2)c1N. The lowest BCUT2D eigenvalue weighted by molar-refractivity contribution is 0.123. The van der Waals surface area contributed by atoms with Gasteiger partial charge in [-0.1, -0.05) is 0 Å². The average molecular weight is 244 g/mol. The van der Waals surface area contributed by atoms with Crippen LogP contribution in [0.15, 0.2) is 36.8 Å². The topological polar surface area (TPSA) is 87.0 Å². The Bertz CT molecular complexity index is 502. The van der Waals surface area contributed by atoms with Gasteiger partial charge in [0, 0.05) is 25.0 Å². The van der Waals surface area contributed by atoms with E-state index in [4.69, 9.17) is 16.2 Å². The lowest BCUT2D eigenvalue weighted by Crippen LogP contribution is -2.06. The van der Waals surface area contributed by atoms with Gasteiger partial charge in [0.25, 0.3) is 0 Å². The highest BCUT2D eigenvalue weighted by molar-refractivity contribution is 5.64. The average Bonchev–Trinajstić information content (AvgIpc) is 2.40. The highest BCUT2D eigenvalue weighted by Gasteiger charge is 2.03. The van der Waals surface area contributed by atoms with E-state index in [1.54, 1.807) is 24.7 Å². The fraction of sp³-hybridized carbons (Fsp3) is 0.231. The molecule has 0 aliphatic heterocycles. The van der Waals surface area contributed by atoms with E-state index in [9.17, 15) is 0 Å². The Labute approximate surface area is 106 Å². The van der Waals surface area contributed by atoms with Gasteiger partial charge in [-0.05, 0) is 23.8 Å². The third-order valence-corrected chi connectivity index (χ3v) is 2.61. The third kappa shape index (κ3) is 3.18. The molecule has 0 atom stereocenters. The Morgan fingerprint density at radius 3 is 2.61 bits per heavy atom. The predicted molar refractivity (Wildman–Crippen MR) is 70.7 cm³/mol. The normalized spacial score (nSPS) is 10.4. The number of pyridine rings is 2. The first kappa shape index (κ1) is 12.3. The molecular formula is C13H16N4O. The molecule has 0 aliphatic rings. The number of hydrogen-bond acceptors (Lipinski definition) is 5. The first-order chi connectivity index (χ1) is 8.77. The molecule has 0 fully saturated rings. The molecule has 94 valence electrons. The molecule has 5 heteroatoms. The zero-order valence-electron chi connectivity index (χ0n) is 10.0. The van der Waals surface area contributed by atoms with Gasteiger partial charge in [-0.15, -0.1) is 0 Å². The van der Waals surface area contributed by atoms with Gasteiger partial charge in [0.15, 0.2) is 0 Å². The first-order valence-electron chi connectivity index (χ1n) is 5.73. The molecule has 0 bridgehead atoms. The Balaban J connectivity index is 1.81. The summed E-state index contributed by atoms with van der Waals surface area (Å²) in [6.45, 7) is 1.12. The third-order valence-electron chi connectivity index (χ3n) is 2.61. The van der Waals surface area contributed by atoms with Gasteiger partial charge in [0.05, 0.1) is 30.3 Å². The number of nitrogens with two attached hydrogens (primary N) is 2. The quantitative estimate of drug-likeness (QED) is 0.776. The van der Waals surface area contributed by atoms with E-state index in [2.05, 4.69) is 9.97 Å². The Hall–Kier alpha value is -2.14. The van der Waals surface area contributed by atoms with Crippen LogP contribution in [0.25, 0.3) is 0 Å². The molecule has 4 N–H and O–H groups in total. The van der Waals surface area contributed by atoms with Crippen LogP contribution in [0, 0.1) is 0 Å². The number of nitrogen functional groups attached to an aromatic ring is 2. The Morgan fingerprint density at radius 1 is 1.06 bits per heavy atom. The van der Waals surface area contributed by atoms with Crippen LogP contribution in [0.3, 0.4) is 0 Å². The van der Waals surface area contributed by atoms with Crippen molar-refractivity contribution in [3.63, 3.8) is 0 Å². The summed E-state index contributed by atoms with van der Waals surface area (Å²) in [6.07, 6.45) is 5.80. The number of nitrogens with zero attached hydrogens (tertiary/aromatic N) is 2. The van der Waals surface area contributed by atoms with E-state index < -0.39 is 0 Å². The second-order valence-corrected chi connectivity index (χ2v) is 3.92. The molecule has 2 heterocycles. The van der Waals surface area contributed by atoms with E-state index in [0.717, 1.165) is 11.3 Å². The van der Waals surface area contributed by atoms with E-state index in [1.807, 2.05) is 12.1 Å². The van der Waals surface area contributed by atoms with Gasteiger partial charge in [0.1, 0.15) is 0 Å². The summed E-state index contributed by atoms with van der Waals surface area (Å²) in [5, 5.41) is 0. The maximum Gasteiger partial charge on any atom is 0.0767 e. The van der Waals surface area contributed by atoms with Crippen molar-refractivity contribution in [2.45, 2.75) is 13.0 Å². The second-order valence-electron chi connectivity index (χ2n) is 3.92. The van der Waals surface area contributed by atoms with Gasteiger partial charge in [-0.2, -0.15) is 0 Å². The summed E-state index contributed by atoms with van der Waals surface area (Å²) in [6, 6.07) is 5.54. The van der Waals surface area contributed by atoms with Gasteiger partial charge in [-0.3, -0.25) is 9.97 Å². The van der Waals surface area contributed by atoms with Gasteiger partial charge in [0.2, 0.25) is 0 Å². The van der Waals surface area contributed by atoms with Crippen LogP contribution in [0.2, 0.25) is 0 Å². The smallest absolute Gasteiger partial charge is 0.0767 e. The minimum absolute atomic E-state index is 0.546. The van der Waals surface area contributed by atoms with Crippen molar-refractivity contribution in [3.8, 4) is 0 Å². The van der Waals surface area contributed by atoms with Crippen LogP contribution in [-0.4, -0.2) is 16.6 Å². The lowest BCUT2D eigenvalue weighted by Gasteiger charge is -2.07. The van der Waals surface area contributed by atoms with Crippen molar-refractivity contribution in [3.05, 3.63) is 48.0 Å².